The number of rotatable bonds is 26. The maximum atomic E-state index is 12.7. The van der Waals surface area contributed by atoms with E-state index in [2.05, 4.69) is 19.2 Å². The highest BCUT2D eigenvalue weighted by Gasteiger charge is 2.14. The van der Waals surface area contributed by atoms with Crippen molar-refractivity contribution in [2.24, 2.45) is 5.73 Å². The van der Waals surface area contributed by atoms with Crippen LogP contribution in [0.15, 0.2) is 18.2 Å². The van der Waals surface area contributed by atoms with Gasteiger partial charge in [-0.1, -0.05) is 104 Å². The van der Waals surface area contributed by atoms with Gasteiger partial charge in [0.15, 0.2) is 0 Å². The van der Waals surface area contributed by atoms with Crippen LogP contribution in [-0.4, -0.2) is 36.9 Å². The molecule has 1 aromatic rings. The van der Waals surface area contributed by atoms with Crippen LogP contribution in [-0.2, 0) is 16.1 Å². The average Bonchev–Trinajstić information content (AvgIpc) is 2.94. The number of carbonyl (C=O) groups is 2. The summed E-state index contributed by atoms with van der Waals surface area (Å²) in [6.07, 6.45) is 22.4. The van der Waals surface area contributed by atoms with Gasteiger partial charge in [-0.05, 0) is 50.4 Å². The molecule has 0 heterocycles. The summed E-state index contributed by atoms with van der Waals surface area (Å²) in [6, 6.07) is 5.84. The number of amides is 2. The maximum absolute atomic E-state index is 12.7. The molecule has 3 N–H and O–H groups in total. The van der Waals surface area contributed by atoms with E-state index < -0.39 is 0 Å². The Morgan fingerprint density at radius 3 is 1.90 bits per heavy atom. The van der Waals surface area contributed by atoms with E-state index in [-0.39, 0.29) is 24.2 Å². The van der Waals surface area contributed by atoms with E-state index in [1.807, 2.05) is 25.2 Å². The van der Waals surface area contributed by atoms with Gasteiger partial charge in [0.05, 0.1) is 6.61 Å². The number of halogens is 1. The summed E-state index contributed by atoms with van der Waals surface area (Å²) in [7, 11) is 1.85. The van der Waals surface area contributed by atoms with Crippen molar-refractivity contribution in [3.05, 3.63) is 23.8 Å². The largest absolute Gasteiger partial charge is 0.493 e. The molecule has 0 saturated heterocycles. The summed E-state index contributed by atoms with van der Waals surface area (Å²) in [6.45, 7) is 6.26. The second-order valence-electron chi connectivity index (χ2n) is 11.4. The molecule has 0 radical (unpaired) electrons. The minimum Gasteiger partial charge on any atom is -0.493 e. The molecule has 6 nitrogen and oxygen atoms in total. The zero-order valence-electron chi connectivity index (χ0n) is 26.7. The molecule has 0 unspecified atom stereocenters. The summed E-state index contributed by atoms with van der Waals surface area (Å²) < 4.78 is 6.20. The van der Waals surface area contributed by atoms with E-state index in [9.17, 15) is 9.59 Å². The van der Waals surface area contributed by atoms with Gasteiger partial charge in [-0.15, -0.1) is 12.4 Å². The summed E-state index contributed by atoms with van der Waals surface area (Å²) in [5, 5.41) is 3.05. The van der Waals surface area contributed by atoms with Gasteiger partial charge >= 0.3 is 0 Å². The van der Waals surface area contributed by atoms with Crippen molar-refractivity contribution in [1.29, 1.82) is 0 Å². The van der Waals surface area contributed by atoms with Crippen LogP contribution < -0.4 is 15.8 Å². The summed E-state index contributed by atoms with van der Waals surface area (Å²) in [5.74, 6) is 0.973. The van der Waals surface area contributed by atoms with Gasteiger partial charge in [-0.2, -0.15) is 0 Å². The summed E-state index contributed by atoms with van der Waals surface area (Å²) >= 11 is 0. The van der Waals surface area contributed by atoms with Crippen LogP contribution in [0.3, 0.4) is 0 Å². The average molecular weight is 596 g/mol. The monoisotopic (exact) mass is 595 g/mol. The van der Waals surface area contributed by atoms with E-state index in [1.165, 1.54) is 77.0 Å². The zero-order chi connectivity index (χ0) is 29.3. The highest BCUT2D eigenvalue weighted by molar-refractivity contribution is 5.90. The van der Waals surface area contributed by atoms with E-state index in [4.69, 9.17) is 10.5 Å². The molecule has 0 bridgehead atoms. The van der Waals surface area contributed by atoms with Gasteiger partial charge in [0.1, 0.15) is 5.75 Å². The second kappa shape index (κ2) is 27.1. The lowest BCUT2D eigenvalue weighted by molar-refractivity contribution is -0.130. The third-order valence-corrected chi connectivity index (χ3v) is 7.54. The quantitative estimate of drug-likeness (QED) is 0.105. The molecule has 0 aliphatic carbocycles. The fraction of sp³-hybridized carbons (Fsp3) is 0.765. The van der Waals surface area contributed by atoms with Crippen LogP contribution in [0.1, 0.15) is 148 Å². The van der Waals surface area contributed by atoms with E-state index in [0.717, 1.165) is 55.5 Å². The van der Waals surface area contributed by atoms with Crippen molar-refractivity contribution in [3.8, 4) is 5.75 Å². The first-order chi connectivity index (χ1) is 19.5. The minimum absolute atomic E-state index is 0. The lowest BCUT2D eigenvalue weighted by Crippen LogP contribution is -2.26. The Kier molecular flexibility index (Phi) is 25.9. The van der Waals surface area contributed by atoms with Crippen molar-refractivity contribution in [2.45, 2.75) is 149 Å². The molecule has 41 heavy (non-hydrogen) atoms. The first-order valence-corrected chi connectivity index (χ1v) is 16.5. The van der Waals surface area contributed by atoms with Crippen LogP contribution in [0.2, 0.25) is 0 Å². The number of nitrogens with one attached hydrogen (secondary N) is 1. The molecule has 0 spiro atoms. The second-order valence-corrected chi connectivity index (χ2v) is 11.4. The van der Waals surface area contributed by atoms with Crippen LogP contribution >= 0.6 is 12.4 Å². The molecular formula is C34H62ClN3O3. The maximum Gasteiger partial charge on any atom is 0.224 e. The Hall–Kier alpha value is -1.79. The van der Waals surface area contributed by atoms with E-state index in [1.54, 1.807) is 4.90 Å². The van der Waals surface area contributed by atoms with Crippen LogP contribution in [0.5, 0.6) is 5.75 Å². The molecule has 0 aliphatic rings. The third-order valence-electron chi connectivity index (χ3n) is 7.54. The molecule has 7 heteroatoms. The van der Waals surface area contributed by atoms with Gasteiger partial charge in [0.25, 0.3) is 0 Å². The van der Waals surface area contributed by atoms with Crippen molar-refractivity contribution in [2.75, 3.05) is 25.5 Å². The lowest BCUT2D eigenvalue weighted by Gasteiger charge is -2.20. The van der Waals surface area contributed by atoms with Gasteiger partial charge < -0.3 is 20.7 Å². The SMILES string of the molecule is CCCCCCCCCCCCOc1ccc(NC(=O)CCCCCCC)cc1CN(C)C(=O)CCCCCN.Cl. The summed E-state index contributed by atoms with van der Waals surface area (Å²) in [4.78, 5) is 27.0. The molecule has 1 aromatic carbocycles. The fourth-order valence-electron chi connectivity index (χ4n) is 4.94. The minimum atomic E-state index is 0. The van der Waals surface area contributed by atoms with E-state index in [0.29, 0.717) is 32.5 Å². The topological polar surface area (TPSA) is 84.7 Å². The number of nitrogens with zero attached hydrogens (tertiary/aromatic N) is 1. The highest BCUT2D eigenvalue weighted by Crippen LogP contribution is 2.25. The Morgan fingerprint density at radius 1 is 0.756 bits per heavy atom. The van der Waals surface area contributed by atoms with Crippen molar-refractivity contribution < 1.29 is 14.3 Å². The van der Waals surface area contributed by atoms with Gasteiger partial charge in [-0.25, -0.2) is 0 Å². The number of hydrogen-bond acceptors (Lipinski definition) is 4. The zero-order valence-corrected chi connectivity index (χ0v) is 27.5. The van der Waals surface area contributed by atoms with E-state index >= 15 is 0 Å². The number of ether oxygens (including phenoxy) is 1. The molecule has 0 saturated carbocycles. The molecule has 0 atom stereocenters. The predicted molar refractivity (Wildman–Crippen MR) is 177 cm³/mol. The number of hydrogen-bond donors (Lipinski definition) is 2. The Morgan fingerprint density at radius 2 is 1.29 bits per heavy atom. The standard InChI is InChI=1S/C34H61N3O3.ClH/c1-4-6-8-10-11-12-13-14-16-21-27-40-32-25-24-31(36-33(38)22-18-15-9-7-5-2)28-30(32)29-37(3)34(39)23-19-17-20-26-35;/h24-25,28H,4-23,26-27,29,35H2,1-3H3,(H,36,38);1H. The fourth-order valence-corrected chi connectivity index (χ4v) is 4.94. The normalized spacial score (nSPS) is 10.7. The van der Waals surface area contributed by atoms with Crippen LogP contribution in [0.4, 0.5) is 5.69 Å². The molecular weight excluding hydrogens is 534 g/mol. The predicted octanol–water partition coefficient (Wildman–Crippen LogP) is 9.18. The van der Waals surface area contributed by atoms with Crippen molar-refractivity contribution in [1.82, 2.24) is 4.90 Å². The number of carbonyl (C=O) groups excluding carboxylic acids is 2. The number of benzene rings is 1. The first kappa shape index (κ1) is 39.2. The molecule has 0 fully saturated rings. The molecule has 0 aromatic heterocycles. The Bertz CT molecular complexity index is 790. The smallest absolute Gasteiger partial charge is 0.224 e. The molecule has 2 amide bonds. The first-order valence-electron chi connectivity index (χ1n) is 16.5. The summed E-state index contributed by atoms with van der Waals surface area (Å²) in [5.41, 5.74) is 7.28. The lowest BCUT2D eigenvalue weighted by atomic mass is 10.1. The van der Waals surface area contributed by atoms with Gasteiger partial charge in [0.2, 0.25) is 11.8 Å². The highest BCUT2D eigenvalue weighted by atomic mass is 35.5. The van der Waals surface area contributed by atoms with Crippen LogP contribution in [0.25, 0.3) is 0 Å². The van der Waals surface area contributed by atoms with Crippen molar-refractivity contribution >= 4 is 29.9 Å². The van der Waals surface area contributed by atoms with Crippen LogP contribution in [0, 0.1) is 0 Å². The van der Waals surface area contributed by atoms with Gasteiger partial charge in [0, 0.05) is 37.7 Å². The molecule has 238 valence electrons. The Balaban J connectivity index is 0.0000160. The molecule has 0 aliphatic heterocycles. The third kappa shape index (κ3) is 20.7. The number of unbranched alkanes of at least 4 members (excludes halogenated alkanes) is 15. The number of anilines is 1. The Labute approximate surface area is 258 Å². The van der Waals surface area contributed by atoms with Crippen molar-refractivity contribution in [3.63, 3.8) is 0 Å². The number of nitrogens with two attached hydrogens (primary N) is 1. The van der Waals surface area contributed by atoms with Gasteiger partial charge in [-0.3, -0.25) is 9.59 Å². The molecule has 1 rings (SSSR count).